The van der Waals surface area contributed by atoms with Crippen LogP contribution >= 0.6 is 39.7 Å². The Labute approximate surface area is 160 Å². The molecule has 2 aromatic carbocycles. The third-order valence-electron chi connectivity index (χ3n) is 3.82. The molecule has 1 atom stereocenters. The quantitative estimate of drug-likeness (QED) is 0.605. The maximum absolute atomic E-state index is 6.08. The molecule has 0 aliphatic carbocycles. The van der Waals surface area contributed by atoms with Crippen LogP contribution in [0.4, 0.5) is 5.69 Å². The number of nitrogens with one attached hydrogen (secondary N) is 2. The summed E-state index contributed by atoms with van der Waals surface area (Å²) in [5.74, 6) is 0.887. The molecule has 1 heterocycles. The summed E-state index contributed by atoms with van der Waals surface area (Å²) in [4.78, 5) is 0. The van der Waals surface area contributed by atoms with Crippen molar-refractivity contribution in [2.45, 2.75) is 31.9 Å². The van der Waals surface area contributed by atoms with Gasteiger partial charge in [0, 0.05) is 27.2 Å². The number of thiocarbonyl (C=S) groups is 1. The van der Waals surface area contributed by atoms with Gasteiger partial charge in [-0.3, -0.25) is 0 Å². The van der Waals surface area contributed by atoms with E-state index in [0.717, 1.165) is 27.9 Å². The first-order chi connectivity index (χ1) is 11.3. The molecule has 0 amide bonds. The second-order valence-electron chi connectivity index (χ2n) is 6.41. The van der Waals surface area contributed by atoms with Gasteiger partial charge in [-0.25, -0.2) is 0 Å². The molecule has 126 valence electrons. The Morgan fingerprint density at radius 1 is 1.29 bits per heavy atom. The summed E-state index contributed by atoms with van der Waals surface area (Å²) in [5.41, 5.74) is 1.70. The highest BCUT2D eigenvalue weighted by Gasteiger charge is 2.34. The number of hydrogen-bond acceptors (Lipinski definition) is 2. The van der Waals surface area contributed by atoms with Crippen molar-refractivity contribution in [2.75, 3.05) is 5.32 Å². The van der Waals surface area contributed by atoms with Gasteiger partial charge in [0.1, 0.15) is 11.4 Å². The van der Waals surface area contributed by atoms with Crippen LogP contribution in [0.1, 0.15) is 31.9 Å². The molecule has 1 aliphatic heterocycles. The zero-order valence-corrected chi connectivity index (χ0v) is 16.6. The van der Waals surface area contributed by atoms with E-state index in [9.17, 15) is 0 Å². The van der Waals surface area contributed by atoms with Crippen LogP contribution in [0.25, 0.3) is 0 Å². The fourth-order valence-corrected chi connectivity index (χ4v) is 3.68. The van der Waals surface area contributed by atoms with Crippen LogP contribution in [0.3, 0.4) is 0 Å². The summed E-state index contributed by atoms with van der Waals surface area (Å²) in [7, 11) is 0. The molecule has 0 aromatic heterocycles. The van der Waals surface area contributed by atoms with Crippen LogP contribution in [0.15, 0.2) is 46.9 Å². The number of hydrogen-bond donors (Lipinski definition) is 2. The Hall–Kier alpha value is -1.30. The standard InChI is InChI=1S/C18H18BrClN2OS/c1-18(2)10-15(14-8-11(19)6-7-16(14)23-18)22-17(24)21-13-5-3-4-12(20)9-13/h3-9,15H,10H2,1-2H3,(H2,21,22,24)/t15-/m1/s1. The predicted molar refractivity (Wildman–Crippen MR) is 107 cm³/mol. The third-order valence-corrected chi connectivity index (χ3v) is 4.77. The molecule has 0 radical (unpaired) electrons. The average Bonchev–Trinajstić information content (AvgIpc) is 2.47. The third kappa shape index (κ3) is 4.21. The van der Waals surface area contributed by atoms with E-state index < -0.39 is 0 Å². The van der Waals surface area contributed by atoms with Crippen LogP contribution in [0, 0.1) is 0 Å². The Morgan fingerprint density at radius 2 is 2.08 bits per heavy atom. The van der Waals surface area contributed by atoms with Gasteiger partial charge in [-0.05, 0) is 62.5 Å². The van der Waals surface area contributed by atoms with Crippen molar-refractivity contribution in [1.29, 1.82) is 0 Å². The summed E-state index contributed by atoms with van der Waals surface area (Å²) in [5, 5.41) is 7.82. The summed E-state index contributed by atoms with van der Waals surface area (Å²) < 4.78 is 7.10. The molecule has 0 fully saturated rings. The van der Waals surface area contributed by atoms with Gasteiger partial charge in [0.05, 0.1) is 6.04 Å². The Kier molecular flexibility index (Phi) is 5.04. The molecule has 6 heteroatoms. The molecule has 1 aliphatic rings. The van der Waals surface area contributed by atoms with Crippen LogP contribution in [0.5, 0.6) is 5.75 Å². The molecular formula is C18H18BrClN2OS. The zero-order chi connectivity index (χ0) is 17.3. The fourth-order valence-electron chi connectivity index (χ4n) is 2.85. The van der Waals surface area contributed by atoms with Gasteiger partial charge in [0.2, 0.25) is 0 Å². The van der Waals surface area contributed by atoms with Crippen molar-refractivity contribution in [1.82, 2.24) is 5.32 Å². The molecule has 3 rings (SSSR count). The first-order valence-electron chi connectivity index (χ1n) is 7.64. The van der Waals surface area contributed by atoms with Gasteiger partial charge in [0.25, 0.3) is 0 Å². The number of anilines is 1. The van der Waals surface area contributed by atoms with E-state index in [1.54, 1.807) is 0 Å². The van der Waals surface area contributed by atoms with Crippen LogP contribution in [0.2, 0.25) is 5.02 Å². The maximum atomic E-state index is 6.08. The summed E-state index contributed by atoms with van der Waals surface area (Å²) in [6.45, 7) is 4.17. The second-order valence-corrected chi connectivity index (χ2v) is 8.17. The number of ether oxygens (including phenoxy) is 1. The van der Waals surface area contributed by atoms with Crippen LogP contribution in [-0.2, 0) is 0 Å². The highest BCUT2D eigenvalue weighted by Crippen LogP contribution is 2.40. The molecule has 2 aromatic rings. The van der Waals surface area contributed by atoms with Gasteiger partial charge >= 0.3 is 0 Å². The monoisotopic (exact) mass is 424 g/mol. The highest BCUT2D eigenvalue weighted by atomic mass is 79.9. The van der Waals surface area contributed by atoms with E-state index in [2.05, 4.69) is 46.5 Å². The van der Waals surface area contributed by atoms with Gasteiger partial charge in [-0.15, -0.1) is 0 Å². The molecular weight excluding hydrogens is 408 g/mol. The van der Waals surface area contributed by atoms with Crippen molar-refractivity contribution < 1.29 is 4.74 Å². The molecule has 2 N–H and O–H groups in total. The number of benzene rings is 2. The van der Waals surface area contributed by atoms with Crippen molar-refractivity contribution in [3.05, 3.63) is 57.5 Å². The number of rotatable bonds is 2. The first kappa shape index (κ1) is 17.5. The minimum Gasteiger partial charge on any atom is -0.487 e. The van der Waals surface area contributed by atoms with Crippen molar-refractivity contribution >= 4 is 50.5 Å². The molecule has 0 saturated carbocycles. The SMILES string of the molecule is CC1(C)C[C@@H](NC(=S)Nc2cccc(Cl)c2)c2cc(Br)ccc2O1. The fraction of sp³-hybridized carbons (Fsp3) is 0.278. The molecule has 24 heavy (non-hydrogen) atoms. The van der Waals surface area contributed by atoms with E-state index in [-0.39, 0.29) is 11.6 Å². The highest BCUT2D eigenvalue weighted by molar-refractivity contribution is 9.10. The van der Waals surface area contributed by atoms with E-state index in [1.165, 1.54) is 0 Å². The van der Waals surface area contributed by atoms with Gasteiger partial charge < -0.3 is 15.4 Å². The van der Waals surface area contributed by atoms with Crippen molar-refractivity contribution in [3.63, 3.8) is 0 Å². The Bertz CT molecular complexity index is 781. The number of fused-ring (bicyclic) bond motifs is 1. The molecule has 3 nitrogen and oxygen atoms in total. The van der Waals surface area contributed by atoms with Gasteiger partial charge in [-0.2, -0.15) is 0 Å². The smallest absolute Gasteiger partial charge is 0.171 e. The lowest BCUT2D eigenvalue weighted by atomic mass is 9.90. The second kappa shape index (κ2) is 6.90. The number of halogens is 2. The normalized spacial score (nSPS) is 18.2. The Balaban J connectivity index is 1.79. The lowest BCUT2D eigenvalue weighted by Gasteiger charge is -2.38. The van der Waals surface area contributed by atoms with Gasteiger partial charge in [0.15, 0.2) is 5.11 Å². The van der Waals surface area contributed by atoms with Crippen molar-refractivity contribution in [3.8, 4) is 5.75 Å². The van der Waals surface area contributed by atoms with E-state index in [0.29, 0.717) is 10.1 Å². The summed E-state index contributed by atoms with van der Waals surface area (Å²) in [6, 6.07) is 13.6. The molecule has 0 bridgehead atoms. The van der Waals surface area contributed by atoms with Crippen LogP contribution in [-0.4, -0.2) is 10.7 Å². The largest absolute Gasteiger partial charge is 0.487 e. The van der Waals surface area contributed by atoms with Crippen molar-refractivity contribution in [2.24, 2.45) is 0 Å². The van der Waals surface area contributed by atoms with Gasteiger partial charge in [-0.1, -0.05) is 33.6 Å². The Morgan fingerprint density at radius 3 is 2.83 bits per heavy atom. The maximum Gasteiger partial charge on any atom is 0.171 e. The van der Waals surface area contributed by atoms with E-state index in [1.807, 2.05) is 36.4 Å². The first-order valence-corrected chi connectivity index (χ1v) is 9.22. The molecule has 0 unspecified atom stereocenters. The minimum absolute atomic E-state index is 0.0698. The summed E-state index contributed by atoms with van der Waals surface area (Å²) in [6.07, 6.45) is 0.813. The predicted octanol–water partition coefficient (Wildman–Crippen LogP) is 5.69. The van der Waals surface area contributed by atoms with Crippen LogP contribution < -0.4 is 15.4 Å². The minimum atomic E-state index is -0.260. The lowest BCUT2D eigenvalue weighted by Crippen LogP contribution is -2.42. The summed E-state index contributed by atoms with van der Waals surface area (Å²) >= 11 is 15.0. The molecule has 0 saturated heterocycles. The topological polar surface area (TPSA) is 33.3 Å². The zero-order valence-electron chi connectivity index (χ0n) is 13.4. The van der Waals surface area contributed by atoms with E-state index in [4.69, 9.17) is 28.6 Å². The lowest BCUT2D eigenvalue weighted by molar-refractivity contribution is 0.0696. The average molecular weight is 426 g/mol. The molecule has 0 spiro atoms. The van der Waals surface area contributed by atoms with E-state index >= 15 is 0 Å².